The van der Waals surface area contributed by atoms with E-state index in [1.54, 1.807) is 12.1 Å². The number of rotatable bonds is 5. The van der Waals surface area contributed by atoms with Gasteiger partial charge in [0.25, 0.3) is 5.66 Å². The summed E-state index contributed by atoms with van der Waals surface area (Å²) in [7, 11) is 1.27. The van der Waals surface area contributed by atoms with Gasteiger partial charge in [-0.25, -0.2) is 4.99 Å². The van der Waals surface area contributed by atoms with E-state index in [4.69, 9.17) is 4.74 Å². The first kappa shape index (κ1) is 24.3. The molecule has 0 aliphatic rings. The Morgan fingerprint density at radius 2 is 1.71 bits per heavy atom. The third-order valence-corrected chi connectivity index (χ3v) is 3.84. The first-order valence-electron chi connectivity index (χ1n) is 8.61. The summed E-state index contributed by atoms with van der Waals surface area (Å²) in [5.74, 6) is -0.358. The van der Waals surface area contributed by atoms with Crippen molar-refractivity contribution in [1.82, 2.24) is 0 Å². The Labute approximate surface area is 177 Å². The number of amidine groups is 2. The van der Waals surface area contributed by atoms with Crippen LogP contribution in [-0.4, -0.2) is 36.6 Å². The highest BCUT2D eigenvalue weighted by Crippen LogP contribution is 2.31. The molecular formula is C20H17F5N3O2P. The summed E-state index contributed by atoms with van der Waals surface area (Å²) in [5.41, 5.74) is -3.89. The number of aliphatic imine (C=N–C) groups is 3. The van der Waals surface area contributed by atoms with Crippen molar-refractivity contribution in [3.63, 3.8) is 0 Å². The molecule has 0 aliphatic heterocycles. The summed E-state index contributed by atoms with van der Waals surface area (Å²) < 4.78 is 70.2. The van der Waals surface area contributed by atoms with E-state index in [1.165, 1.54) is 34.4 Å². The Morgan fingerprint density at radius 3 is 2.29 bits per heavy atom. The Hall–Kier alpha value is -3.00. The maximum atomic E-state index is 13.2. The minimum atomic E-state index is -4.62. The number of Topliss-reactive ketones (excluding diaryl/α,β-unsaturated/α-hetero) is 1. The van der Waals surface area contributed by atoms with E-state index in [9.17, 15) is 26.7 Å². The number of benzene rings is 2. The first-order chi connectivity index (χ1) is 14.4. The lowest BCUT2D eigenvalue weighted by Crippen LogP contribution is -2.18. The Bertz CT molecular complexity index is 1030. The molecule has 5 nitrogen and oxygen atoms in total. The lowest BCUT2D eigenvalue weighted by Gasteiger charge is -2.12. The summed E-state index contributed by atoms with van der Waals surface area (Å²) in [6, 6.07) is 9.31. The number of hydrogen-bond donors (Lipinski definition) is 0. The van der Waals surface area contributed by atoms with Crippen LogP contribution in [0, 0.1) is 0 Å². The van der Waals surface area contributed by atoms with Gasteiger partial charge in [-0.05, 0) is 37.9 Å². The third kappa shape index (κ3) is 7.64. The predicted molar refractivity (Wildman–Crippen MR) is 112 cm³/mol. The second-order valence-corrected chi connectivity index (χ2v) is 7.07. The van der Waals surface area contributed by atoms with Gasteiger partial charge in [0.2, 0.25) is 0 Å². The molecule has 0 saturated carbocycles. The average molecular weight is 457 g/mol. The monoisotopic (exact) mass is 457 g/mol. The van der Waals surface area contributed by atoms with E-state index in [-0.39, 0.29) is 17.3 Å². The fourth-order valence-corrected chi connectivity index (χ4v) is 2.35. The summed E-state index contributed by atoms with van der Waals surface area (Å²) in [5, 5.41) is 0. The summed E-state index contributed by atoms with van der Waals surface area (Å²) in [6.07, 6.45) is -4.62. The second kappa shape index (κ2) is 9.87. The van der Waals surface area contributed by atoms with E-state index in [0.29, 0.717) is 11.1 Å². The lowest BCUT2D eigenvalue weighted by atomic mass is 10.1. The highest BCUT2D eigenvalue weighted by Gasteiger charge is 2.30. The van der Waals surface area contributed by atoms with Crippen LogP contribution in [0.5, 0.6) is 0 Å². The molecule has 2 aromatic rings. The van der Waals surface area contributed by atoms with Crippen LogP contribution in [0.25, 0.3) is 0 Å². The van der Waals surface area contributed by atoms with E-state index in [0.717, 1.165) is 18.2 Å². The third-order valence-electron chi connectivity index (χ3n) is 3.67. The number of hydrogen-bond acceptors (Lipinski definition) is 3. The molecule has 164 valence electrons. The number of carbonyl (C=O) groups excluding carboxylic acids is 1. The highest BCUT2D eigenvalue weighted by molar-refractivity contribution is 7.18. The second-order valence-electron chi connectivity index (χ2n) is 6.22. The standard InChI is InChI=1S/C20H17F5N3O2P/c1-12(29)13-5-3-6-14(9-13)17(26-2)28-18(30-11-19(21,22)31)27-16-8-4-7-15(10-16)20(23,24)25/h3-10H,2,11,31H2,1H3/b27-18?,28-17-. The molecule has 11 heteroatoms. The number of nitrogens with zero attached hydrogens (tertiary/aromatic N) is 3. The van der Waals surface area contributed by atoms with Crippen LogP contribution in [0.1, 0.15) is 28.4 Å². The molecule has 2 aromatic carbocycles. The maximum absolute atomic E-state index is 13.2. The van der Waals surface area contributed by atoms with Crippen LogP contribution < -0.4 is 0 Å². The quantitative estimate of drug-likeness (QED) is 0.195. The van der Waals surface area contributed by atoms with Crippen LogP contribution in [0.3, 0.4) is 0 Å². The first-order valence-corrected chi connectivity index (χ1v) is 9.19. The molecule has 1 unspecified atom stereocenters. The largest absolute Gasteiger partial charge is 0.457 e. The highest BCUT2D eigenvalue weighted by atomic mass is 31.0. The molecule has 0 N–H and O–H groups in total. The molecule has 2 rings (SSSR count). The van der Waals surface area contributed by atoms with E-state index < -0.39 is 30.0 Å². The summed E-state index contributed by atoms with van der Waals surface area (Å²) in [4.78, 5) is 23.0. The fourth-order valence-electron chi connectivity index (χ4n) is 2.27. The number of ether oxygens (including phenoxy) is 1. The van der Waals surface area contributed by atoms with Crippen LogP contribution in [-0.2, 0) is 10.9 Å². The maximum Gasteiger partial charge on any atom is 0.416 e. The Balaban J connectivity index is 2.52. The van der Waals surface area contributed by atoms with E-state index in [1.807, 2.05) is 0 Å². The predicted octanol–water partition coefficient (Wildman–Crippen LogP) is 5.53. The van der Waals surface area contributed by atoms with Crippen molar-refractivity contribution in [3.8, 4) is 0 Å². The molecule has 0 aliphatic carbocycles. The molecule has 1 atom stereocenters. The van der Waals surface area contributed by atoms with Gasteiger partial charge in [0.1, 0.15) is 0 Å². The van der Waals surface area contributed by atoms with Gasteiger partial charge in [0, 0.05) is 11.1 Å². The lowest BCUT2D eigenvalue weighted by molar-refractivity contribution is -0.137. The SMILES string of the molecule is C=N/C(=N\C(=Nc1cccc(C(F)(F)F)c1)OCC(F)(F)P)c1cccc(C(C)=O)c1. The van der Waals surface area contributed by atoms with Crippen molar-refractivity contribution in [3.05, 3.63) is 65.2 Å². The average Bonchev–Trinajstić information content (AvgIpc) is 2.69. The molecule has 0 amide bonds. The number of alkyl halides is 5. The van der Waals surface area contributed by atoms with Crippen LogP contribution in [0.2, 0.25) is 0 Å². The zero-order valence-corrected chi connectivity index (χ0v) is 17.3. The van der Waals surface area contributed by atoms with Crippen molar-refractivity contribution in [2.24, 2.45) is 15.0 Å². The number of carbonyl (C=O) groups is 1. The number of ketones is 1. The van der Waals surface area contributed by atoms with Gasteiger partial charge in [-0.15, -0.1) is 0 Å². The van der Waals surface area contributed by atoms with Crippen LogP contribution >= 0.6 is 9.24 Å². The van der Waals surface area contributed by atoms with Crippen molar-refractivity contribution in [2.75, 3.05) is 6.61 Å². The molecular weight excluding hydrogens is 440 g/mol. The smallest absolute Gasteiger partial charge is 0.416 e. The van der Waals surface area contributed by atoms with Crippen molar-refractivity contribution >= 4 is 39.3 Å². The molecule has 0 spiro atoms. The van der Waals surface area contributed by atoms with Crippen molar-refractivity contribution in [2.45, 2.75) is 18.8 Å². The van der Waals surface area contributed by atoms with Gasteiger partial charge in [0.15, 0.2) is 18.2 Å². The summed E-state index contributed by atoms with van der Waals surface area (Å²) >= 11 is 0. The molecule has 31 heavy (non-hydrogen) atoms. The molecule has 0 bridgehead atoms. The normalized spacial score (nSPS) is 13.1. The Kier molecular flexibility index (Phi) is 7.73. The fraction of sp³-hybridized carbons (Fsp3) is 0.200. The van der Waals surface area contributed by atoms with Crippen LogP contribution in [0.15, 0.2) is 63.5 Å². The molecule has 0 radical (unpaired) electrons. The Morgan fingerprint density at radius 1 is 1.06 bits per heavy atom. The van der Waals surface area contributed by atoms with Gasteiger partial charge >= 0.3 is 12.2 Å². The van der Waals surface area contributed by atoms with Crippen LogP contribution in [0.4, 0.5) is 27.6 Å². The minimum Gasteiger partial charge on any atom is -0.457 e. The molecule has 0 saturated heterocycles. The zero-order chi connectivity index (χ0) is 23.2. The molecule has 0 heterocycles. The van der Waals surface area contributed by atoms with Gasteiger partial charge in [-0.1, -0.05) is 33.5 Å². The van der Waals surface area contributed by atoms with E-state index in [2.05, 4.69) is 21.7 Å². The van der Waals surface area contributed by atoms with Crippen molar-refractivity contribution in [1.29, 1.82) is 0 Å². The minimum absolute atomic E-state index is 0.124. The van der Waals surface area contributed by atoms with Gasteiger partial charge in [-0.2, -0.15) is 31.9 Å². The zero-order valence-electron chi connectivity index (χ0n) is 16.2. The summed E-state index contributed by atoms with van der Waals surface area (Å²) in [6.45, 7) is 3.54. The van der Waals surface area contributed by atoms with E-state index >= 15 is 0 Å². The van der Waals surface area contributed by atoms with Gasteiger partial charge in [0.05, 0.1) is 11.3 Å². The van der Waals surface area contributed by atoms with Gasteiger partial charge in [-0.3, -0.25) is 4.79 Å². The topological polar surface area (TPSA) is 63.4 Å². The molecule has 0 fully saturated rings. The molecule has 0 aromatic heterocycles. The van der Waals surface area contributed by atoms with Gasteiger partial charge < -0.3 is 4.74 Å². The van der Waals surface area contributed by atoms with Crippen molar-refractivity contribution < 1.29 is 31.5 Å². The number of halogens is 5.